The second-order valence-corrected chi connectivity index (χ2v) is 6.28. The van der Waals surface area contributed by atoms with Gasteiger partial charge in [-0.1, -0.05) is 13.3 Å². The van der Waals surface area contributed by atoms with E-state index in [1.165, 1.54) is 0 Å². The first-order valence-electron chi connectivity index (χ1n) is 8.42. The molecule has 21 heavy (non-hydrogen) atoms. The van der Waals surface area contributed by atoms with E-state index in [0.717, 1.165) is 38.7 Å². The second kappa shape index (κ2) is 11.0. The van der Waals surface area contributed by atoms with Crippen molar-refractivity contribution in [2.75, 3.05) is 13.2 Å². The third-order valence-corrected chi connectivity index (χ3v) is 3.50. The molecule has 0 aromatic carbocycles. The van der Waals surface area contributed by atoms with Crippen LogP contribution in [0.3, 0.4) is 0 Å². The predicted molar refractivity (Wildman–Crippen MR) is 87.5 cm³/mol. The third-order valence-electron chi connectivity index (χ3n) is 3.50. The SMILES string of the molecule is CCCC(C)OCCCCC(C)(NC(C)C)C(=O)OCC. The molecule has 0 aliphatic rings. The number of hydrogen-bond donors (Lipinski definition) is 1. The van der Waals surface area contributed by atoms with E-state index in [9.17, 15) is 4.79 Å². The molecule has 126 valence electrons. The molecule has 4 heteroatoms. The van der Waals surface area contributed by atoms with E-state index in [1.54, 1.807) is 0 Å². The van der Waals surface area contributed by atoms with E-state index in [2.05, 4.69) is 19.2 Å². The van der Waals surface area contributed by atoms with Crippen molar-refractivity contribution in [3.05, 3.63) is 0 Å². The summed E-state index contributed by atoms with van der Waals surface area (Å²) in [6.07, 6.45) is 5.29. The zero-order valence-electron chi connectivity index (χ0n) is 14.8. The van der Waals surface area contributed by atoms with Crippen LogP contribution in [-0.4, -0.2) is 36.9 Å². The van der Waals surface area contributed by atoms with Crippen LogP contribution >= 0.6 is 0 Å². The highest BCUT2D eigenvalue weighted by Gasteiger charge is 2.34. The van der Waals surface area contributed by atoms with E-state index in [-0.39, 0.29) is 12.0 Å². The molecule has 0 radical (unpaired) electrons. The fourth-order valence-corrected chi connectivity index (χ4v) is 2.52. The number of ether oxygens (including phenoxy) is 2. The maximum atomic E-state index is 12.1. The van der Waals surface area contributed by atoms with Gasteiger partial charge in [-0.15, -0.1) is 0 Å². The summed E-state index contributed by atoms with van der Waals surface area (Å²) in [5.74, 6) is -0.154. The van der Waals surface area contributed by atoms with Gasteiger partial charge in [-0.05, 0) is 60.3 Å². The summed E-state index contributed by atoms with van der Waals surface area (Å²) in [7, 11) is 0. The Bertz CT molecular complexity index is 281. The van der Waals surface area contributed by atoms with Gasteiger partial charge in [-0.25, -0.2) is 0 Å². The van der Waals surface area contributed by atoms with Gasteiger partial charge in [0.2, 0.25) is 0 Å². The van der Waals surface area contributed by atoms with E-state index >= 15 is 0 Å². The monoisotopic (exact) mass is 301 g/mol. The molecular weight excluding hydrogens is 266 g/mol. The molecule has 0 spiro atoms. The van der Waals surface area contributed by atoms with E-state index in [1.807, 2.05) is 27.7 Å². The zero-order chi connectivity index (χ0) is 16.3. The van der Waals surface area contributed by atoms with Crippen molar-refractivity contribution in [1.82, 2.24) is 5.32 Å². The summed E-state index contributed by atoms with van der Waals surface area (Å²) in [5, 5.41) is 3.35. The maximum Gasteiger partial charge on any atom is 0.326 e. The Hall–Kier alpha value is -0.610. The van der Waals surface area contributed by atoms with Gasteiger partial charge in [0.1, 0.15) is 5.54 Å². The molecule has 0 aromatic heterocycles. The average molecular weight is 301 g/mol. The summed E-state index contributed by atoms with van der Waals surface area (Å²) in [5.41, 5.74) is -0.598. The van der Waals surface area contributed by atoms with E-state index in [0.29, 0.717) is 12.7 Å². The van der Waals surface area contributed by atoms with Gasteiger partial charge < -0.3 is 9.47 Å². The van der Waals surface area contributed by atoms with Crippen molar-refractivity contribution >= 4 is 5.97 Å². The van der Waals surface area contributed by atoms with Crippen LogP contribution in [0.25, 0.3) is 0 Å². The average Bonchev–Trinajstić information content (AvgIpc) is 2.38. The highest BCUT2D eigenvalue weighted by Crippen LogP contribution is 2.17. The van der Waals surface area contributed by atoms with Gasteiger partial charge in [-0.2, -0.15) is 0 Å². The number of hydrogen-bond acceptors (Lipinski definition) is 4. The number of carbonyl (C=O) groups is 1. The van der Waals surface area contributed by atoms with Crippen LogP contribution in [0.5, 0.6) is 0 Å². The Morgan fingerprint density at radius 2 is 1.86 bits per heavy atom. The molecule has 2 atom stereocenters. The van der Waals surface area contributed by atoms with Crippen LogP contribution in [0.4, 0.5) is 0 Å². The number of esters is 1. The normalized spacial score (nSPS) is 15.8. The Labute approximate surface area is 131 Å². The fourth-order valence-electron chi connectivity index (χ4n) is 2.52. The fraction of sp³-hybridized carbons (Fsp3) is 0.941. The first-order chi connectivity index (χ1) is 9.85. The standard InChI is InChI=1S/C17H35NO3/c1-7-11-15(5)21-13-10-9-12-17(6,18-14(3)4)16(19)20-8-2/h14-15,18H,7-13H2,1-6H3. The van der Waals surface area contributed by atoms with Crippen LogP contribution in [0.1, 0.15) is 73.6 Å². The Morgan fingerprint density at radius 3 is 2.38 bits per heavy atom. The van der Waals surface area contributed by atoms with Gasteiger partial charge in [0.05, 0.1) is 12.7 Å². The molecule has 0 aromatic rings. The summed E-state index contributed by atoms with van der Waals surface area (Å²) in [6, 6.07) is 0.250. The molecule has 0 rings (SSSR count). The predicted octanol–water partition coefficient (Wildman–Crippen LogP) is 3.68. The maximum absolute atomic E-state index is 12.1. The Kier molecular flexibility index (Phi) is 10.7. The molecule has 4 nitrogen and oxygen atoms in total. The van der Waals surface area contributed by atoms with Gasteiger partial charge in [0.25, 0.3) is 0 Å². The van der Waals surface area contributed by atoms with Crippen LogP contribution in [0, 0.1) is 0 Å². The minimum Gasteiger partial charge on any atom is -0.465 e. The minimum absolute atomic E-state index is 0.154. The smallest absolute Gasteiger partial charge is 0.326 e. The van der Waals surface area contributed by atoms with E-state index in [4.69, 9.17) is 9.47 Å². The van der Waals surface area contributed by atoms with Gasteiger partial charge >= 0.3 is 5.97 Å². The Morgan fingerprint density at radius 1 is 1.19 bits per heavy atom. The van der Waals surface area contributed by atoms with Crippen LogP contribution in [0.2, 0.25) is 0 Å². The molecule has 0 heterocycles. The highest BCUT2D eigenvalue weighted by atomic mass is 16.5. The van der Waals surface area contributed by atoms with Crippen molar-refractivity contribution in [2.45, 2.75) is 91.3 Å². The number of unbranched alkanes of at least 4 members (excludes halogenated alkanes) is 1. The molecule has 0 saturated carbocycles. The number of carbonyl (C=O) groups excluding carboxylic acids is 1. The summed E-state index contributed by atoms with van der Waals surface area (Å²) >= 11 is 0. The molecule has 2 unspecified atom stereocenters. The lowest BCUT2D eigenvalue weighted by Gasteiger charge is -2.30. The van der Waals surface area contributed by atoms with Crippen molar-refractivity contribution in [3.63, 3.8) is 0 Å². The molecule has 0 amide bonds. The molecule has 0 bridgehead atoms. The number of nitrogens with one attached hydrogen (secondary N) is 1. The highest BCUT2D eigenvalue weighted by molar-refractivity contribution is 5.80. The first-order valence-corrected chi connectivity index (χ1v) is 8.42. The van der Waals surface area contributed by atoms with Crippen molar-refractivity contribution in [1.29, 1.82) is 0 Å². The molecule has 1 N–H and O–H groups in total. The van der Waals surface area contributed by atoms with Crippen molar-refractivity contribution in [2.24, 2.45) is 0 Å². The van der Waals surface area contributed by atoms with Crippen molar-refractivity contribution in [3.8, 4) is 0 Å². The summed E-state index contributed by atoms with van der Waals surface area (Å²) in [6.45, 7) is 13.4. The second-order valence-electron chi connectivity index (χ2n) is 6.28. The first kappa shape index (κ1) is 20.4. The summed E-state index contributed by atoms with van der Waals surface area (Å²) < 4.78 is 11.0. The largest absolute Gasteiger partial charge is 0.465 e. The summed E-state index contributed by atoms with van der Waals surface area (Å²) in [4.78, 5) is 12.1. The number of rotatable bonds is 12. The minimum atomic E-state index is -0.598. The molecular formula is C17H35NO3. The zero-order valence-corrected chi connectivity index (χ0v) is 14.8. The van der Waals surface area contributed by atoms with Crippen LogP contribution in [0.15, 0.2) is 0 Å². The van der Waals surface area contributed by atoms with Crippen LogP contribution < -0.4 is 5.32 Å². The quantitative estimate of drug-likeness (QED) is 0.441. The lowest BCUT2D eigenvalue weighted by atomic mass is 9.94. The topological polar surface area (TPSA) is 47.6 Å². The van der Waals surface area contributed by atoms with Gasteiger partial charge in [0.15, 0.2) is 0 Å². The third kappa shape index (κ3) is 9.10. The van der Waals surface area contributed by atoms with Gasteiger partial charge in [-0.3, -0.25) is 10.1 Å². The van der Waals surface area contributed by atoms with Crippen LogP contribution in [-0.2, 0) is 14.3 Å². The molecule has 0 aliphatic carbocycles. The Balaban J connectivity index is 4.16. The van der Waals surface area contributed by atoms with E-state index < -0.39 is 5.54 Å². The molecule has 0 aliphatic heterocycles. The van der Waals surface area contributed by atoms with Crippen molar-refractivity contribution < 1.29 is 14.3 Å². The molecule has 0 saturated heterocycles. The lowest BCUT2D eigenvalue weighted by molar-refractivity contribution is -0.151. The molecule has 0 fully saturated rings. The lowest BCUT2D eigenvalue weighted by Crippen LogP contribution is -2.53. The van der Waals surface area contributed by atoms with Gasteiger partial charge in [0, 0.05) is 12.6 Å².